The number of hydrogen-bond donors (Lipinski definition) is 1. The van der Waals surface area contributed by atoms with Crippen LogP contribution < -0.4 is 10.1 Å². The van der Waals surface area contributed by atoms with Crippen molar-refractivity contribution in [3.8, 4) is 5.75 Å². The van der Waals surface area contributed by atoms with Gasteiger partial charge in [0.15, 0.2) is 6.61 Å². The second-order valence-electron chi connectivity index (χ2n) is 6.00. The highest BCUT2D eigenvalue weighted by atomic mass is 79.9. The van der Waals surface area contributed by atoms with Crippen LogP contribution in [0.2, 0.25) is 0 Å². The Kier molecular flexibility index (Phi) is 8.03. The number of nitro benzene ring substituents is 1. The van der Waals surface area contributed by atoms with Crippen LogP contribution in [-0.4, -0.2) is 36.3 Å². The first-order valence-corrected chi connectivity index (χ1v) is 10.2. The van der Waals surface area contributed by atoms with E-state index in [4.69, 9.17) is 9.47 Å². The van der Waals surface area contributed by atoms with Gasteiger partial charge in [0.25, 0.3) is 11.6 Å². The zero-order valence-electron chi connectivity index (χ0n) is 16.0. The van der Waals surface area contributed by atoms with Crippen molar-refractivity contribution in [2.75, 3.05) is 24.8 Å². The number of rotatable bonds is 8. The van der Waals surface area contributed by atoms with Crippen LogP contribution in [0.5, 0.6) is 5.75 Å². The van der Waals surface area contributed by atoms with Crippen LogP contribution >= 0.6 is 27.7 Å². The van der Waals surface area contributed by atoms with E-state index < -0.39 is 23.4 Å². The van der Waals surface area contributed by atoms with Crippen LogP contribution in [0.25, 0.3) is 0 Å². The maximum Gasteiger partial charge on any atom is 0.316 e. The number of benzene rings is 2. The second kappa shape index (κ2) is 10.3. The molecule has 0 aliphatic heterocycles. The number of anilines is 1. The molecule has 2 aromatic carbocycles. The molecule has 0 aromatic heterocycles. The fourth-order valence-corrected chi connectivity index (χ4v) is 3.68. The maximum absolute atomic E-state index is 12.0. The van der Waals surface area contributed by atoms with Gasteiger partial charge in [0.2, 0.25) is 0 Å². The van der Waals surface area contributed by atoms with Crippen molar-refractivity contribution >= 4 is 50.9 Å². The number of halogens is 1. The van der Waals surface area contributed by atoms with Gasteiger partial charge in [-0.3, -0.25) is 19.7 Å². The van der Waals surface area contributed by atoms with Gasteiger partial charge in [-0.1, -0.05) is 15.9 Å². The van der Waals surface area contributed by atoms with Gasteiger partial charge in [-0.2, -0.15) is 0 Å². The summed E-state index contributed by atoms with van der Waals surface area (Å²) in [4.78, 5) is 35.4. The first kappa shape index (κ1) is 22.7. The summed E-state index contributed by atoms with van der Waals surface area (Å²) >= 11 is 4.77. The molecule has 0 aliphatic rings. The van der Waals surface area contributed by atoms with Gasteiger partial charge < -0.3 is 14.8 Å². The topological polar surface area (TPSA) is 108 Å². The van der Waals surface area contributed by atoms with E-state index in [1.54, 1.807) is 0 Å². The zero-order valence-corrected chi connectivity index (χ0v) is 18.4. The maximum atomic E-state index is 12.0. The van der Waals surface area contributed by atoms with Crippen molar-refractivity contribution < 1.29 is 24.0 Å². The lowest BCUT2D eigenvalue weighted by atomic mass is 10.2. The smallest absolute Gasteiger partial charge is 0.316 e. The zero-order chi connectivity index (χ0) is 21.6. The van der Waals surface area contributed by atoms with Gasteiger partial charge in [0.1, 0.15) is 11.4 Å². The largest absolute Gasteiger partial charge is 0.496 e. The quantitative estimate of drug-likeness (QED) is 0.259. The van der Waals surface area contributed by atoms with Gasteiger partial charge in [0.05, 0.1) is 23.9 Å². The Morgan fingerprint density at radius 3 is 2.59 bits per heavy atom. The Labute approximate surface area is 180 Å². The molecule has 0 radical (unpaired) electrons. The number of nitro groups is 1. The highest BCUT2D eigenvalue weighted by Gasteiger charge is 2.18. The molecule has 154 valence electrons. The van der Waals surface area contributed by atoms with E-state index in [1.807, 2.05) is 26.0 Å². The third kappa shape index (κ3) is 6.47. The normalized spacial score (nSPS) is 10.3. The lowest BCUT2D eigenvalue weighted by molar-refractivity contribution is -0.384. The van der Waals surface area contributed by atoms with Crippen molar-refractivity contribution in [3.63, 3.8) is 0 Å². The average Bonchev–Trinajstić information content (AvgIpc) is 2.68. The van der Waals surface area contributed by atoms with Crippen LogP contribution in [0.1, 0.15) is 11.1 Å². The summed E-state index contributed by atoms with van der Waals surface area (Å²) in [6.45, 7) is 3.35. The van der Waals surface area contributed by atoms with E-state index in [1.165, 1.54) is 37.1 Å². The van der Waals surface area contributed by atoms with Gasteiger partial charge >= 0.3 is 5.97 Å². The van der Waals surface area contributed by atoms with E-state index in [-0.39, 0.29) is 22.9 Å². The van der Waals surface area contributed by atoms with Gasteiger partial charge in [-0.25, -0.2) is 0 Å². The first-order valence-electron chi connectivity index (χ1n) is 8.38. The Bertz CT molecular complexity index is 951. The Hall–Kier alpha value is -2.59. The predicted molar refractivity (Wildman–Crippen MR) is 114 cm³/mol. The molecular weight excluding hydrogens is 464 g/mol. The molecule has 1 amide bonds. The summed E-state index contributed by atoms with van der Waals surface area (Å²) in [6, 6.07) is 7.96. The third-order valence-electron chi connectivity index (χ3n) is 3.84. The molecule has 0 fully saturated rings. The van der Waals surface area contributed by atoms with Crippen LogP contribution in [0, 0.1) is 24.0 Å². The molecule has 0 heterocycles. The molecule has 29 heavy (non-hydrogen) atoms. The van der Waals surface area contributed by atoms with Crippen molar-refractivity contribution in [2.45, 2.75) is 18.7 Å². The van der Waals surface area contributed by atoms with Gasteiger partial charge in [-0.15, -0.1) is 11.8 Å². The van der Waals surface area contributed by atoms with Crippen molar-refractivity contribution in [1.29, 1.82) is 0 Å². The molecule has 10 heteroatoms. The Balaban J connectivity index is 1.89. The Morgan fingerprint density at radius 1 is 1.21 bits per heavy atom. The molecule has 0 aliphatic carbocycles. The number of hydrogen-bond acceptors (Lipinski definition) is 7. The predicted octanol–water partition coefficient (Wildman–Crippen LogP) is 4.26. The highest BCUT2D eigenvalue weighted by Crippen LogP contribution is 2.29. The lowest BCUT2D eigenvalue weighted by Gasteiger charge is -2.10. The molecule has 0 saturated carbocycles. The fraction of sp³-hybridized carbons (Fsp3) is 0.263. The number of carbonyl (C=O) groups is 2. The van der Waals surface area contributed by atoms with Crippen LogP contribution in [0.3, 0.4) is 0 Å². The van der Waals surface area contributed by atoms with Crippen molar-refractivity contribution in [1.82, 2.24) is 0 Å². The van der Waals surface area contributed by atoms with Gasteiger partial charge in [-0.05, 0) is 49.2 Å². The number of amides is 1. The van der Waals surface area contributed by atoms with Crippen LogP contribution in [-0.2, 0) is 14.3 Å². The molecule has 0 atom stereocenters. The molecule has 0 bridgehead atoms. The molecule has 1 N–H and O–H groups in total. The number of nitrogens with one attached hydrogen (secondary N) is 1. The number of aryl methyl sites for hydroxylation is 2. The first-order chi connectivity index (χ1) is 13.7. The standard InChI is InChI=1S/C19H19BrN2O6S/c1-11-7-17(12(2)6-14(11)20)29-10-19(24)28-9-18(23)21-15-5-4-13(27-3)8-16(15)22(25)26/h4-8H,9-10H2,1-3H3,(H,21,23). The molecule has 8 nitrogen and oxygen atoms in total. The van der Waals surface area contributed by atoms with E-state index in [9.17, 15) is 19.7 Å². The third-order valence-corrected chi connectivity index (χ3v) is 5.83. The molecule has 0 unspecified atom stereocenters. The summed E-state index contributed by atoms with van der Waals surface area (Å²) < 4.78 is 10.9. The lowest BCUT2D eigenvalue weighted by Crippen LogP contribution is -2.22. The number of carbonyl (C=O) groups excluding carboxylic acids is 2. The van der Waals surface area contributed by atoms with E-state index >= 15 is 0 Å². The molecular formula is C19H19BrN2O6S. The van der Waals surface area contributed by atoms with Crippen LogP contribution in [0.15, 0.2) is 39.7 Å². The summed E-state index contributed by atoms with van der Waals surface area (Å²) in [5.41, 5.74) is 1.74. The minimum atomic E-state index is -0.674. The summed E-state index contributed by atoms with van der Waals surface area (Å²) in [5, 5.41) is 13.5. The average molecular weight is 483 g/mol. The number of ether oxygens (including phenoxy) is 2. The SMILES string of the molecule is COc1ccc(NC(=O)COC(=O)CSc2cc(C)c(Br)cc2C)c([N+](=O)[O-])c1. The molecule has 0 saturated heterocycles. The molecule has 2 aromatic rings. The number of thioether (sulfide) groups is 1. The summed E-state index contributed by atoms with van der Waals surface area (Å²) in [6.07, 6.45) is 0. The number of methoxy groups -OCH3 is 1. The summed E-state index contributed by atoms with van der Waals surface area (Å²) in [7, 11) is 1.38. The van der Waals surface area contributed by atoms with E-state index in [0.29, 0.717) is 0 Å². The van der Waals surface area contributed by atoms with Crippen LogP contribution in [0.4, 0.5) is 11.4 Å². The summed E-state index contributed by atoms with van der Waals surface area (Å²) in [5.74, 6) is -0.906. The van der Waals surface area contributed by atoms with Crippen molar-refractivity contribution in [3.05, 3.63) is 56.0 Å². The minimum Gasteiger partial charge on any atom is -0.496 e. The highest BCUT2D eigenvalue weighted by molar-refractivity contribution is 9.10. The van der Waals surface area contributed by atoms with Crippen molar-refractivity contribution in [2.24, 2.45) is 0 Å². The molecule has 0 spiro atoms. The number of esters is 1. The van der Waals surface area contributed by atoms with Gasteiger partial charge in [0, 0.05) is 9.37 Å². The minimum absolute atomic E-state index is 0.00723. The van der Waals surface area contributed by atoms with E-state index in [2.05, 4.69) is 21.2 Å². The second-order valence-corrected chi connectivity index (χ2v) is 7.88. The number of nitrogens with zero attached hydrogens (tertiary/aromatic N) is 1. The van der Waals surface area contributed by atoms with E-state index in [0.717, 1.165) is 20.5 Å². The molecule has 2 rings (SSSR count). The monoisotopic (exact) mass is 482 g/mol. The Morgan fingerprint density at radius 2 is 1.93 bits per heavy atom. The fourth-order valence-electron chi connectivity index (χ4n) is 2.32.